The molecule has 1 saturated heterocycles. The Morgan fingerprint density at radius 1 is 1.20 bits per heavy atom. The van der Waals surface area contributed by atoms with Crippen molar-refractivity contribution in [1.82, 2.24) is 19.7 Å². The topological polar surface area (TPSA) is 64.2 Å². The van der Waals surface area contributed by atoms with E-state index in [2.05, 4.69) is 20.8 Å². The number of carbonyl (C=O) groups excluding carboxylic acids is 1. The molecule has 3 heterocycles. The summed E-state index contributed by atoms with van der Waals surface area (Å²) >= 11 is 0. The van der Waals surface area contributed by atoms with Crippen LogP contribution in [0.1, 0.15) is 40.8 Å². The van der Waals surface area contributed by atoms with Crippen molar-refractivity contribution < 1.29 is 9.21 Å². The Morgan fingerprint density at radius 3 is 2.64 bits per heavy atom. The predicted octanol–water partition coefficient (Wildman–Crippen LogP) is 3.36. The van der Waals surface area contributed by atoms with Crippen molar-refractivity contribution in [2.75, 3.05) is 6.54 Å². The summed E-state index contributed by atoms with van der Waals surface area (Å²) in [6, 6.07) is 11.6. The van der Waals surface area contributed by atoms with Gasteiger partial charge in [0.25, 0.3) is 5.91 Å². The molecule has 1 aliphatic rings. The maximum absolute atomic E-state index is 13.0. The van der Waals surface area contributed by atoms with Crippen LogP contribution in [0.3, 0.4) is 0 Å². The SMILES string of the molecule is Cc1nnc(-c2ccc(C(=O)N3CCC[C@H]3c3cccn3C)cc2)o1. The average Bonchev–Trinajstić information content (AvgIpc) is 3.35. The van der Waals surface area contributed by atoms with Gasteiger partial charge in [-0.25, -0.2) is 0 Å². The summed E-state index contributed by atoms with van der Waals surface area (Å²) in [6.07, 6.45) is 4.06. The molecule has 0 aliphatic carbocycles. The van der Waals surface area contributed by atoms with Gasteiger partial charge in [-0.2, -0.15) is 0 Å². The number of amides is 1. The Bertz CT molecular complexity index is 894. The molecule has 4 rings (SSSR count). The van der Waals surface area contributed by atoms with Crippen LogP contribution in [0.2, 0.25) is 0 Å². The lowest BCUT2D eigenvalue weighted by molar-refractivity contribution is 0.0731. The molecule has 1 aliphatic heterocycles. The predicted molar refractivity (Wildman–Crippen MR) is 92.9 cm³/mol. The third kappa shape index (κ3) is 2.84. The van der Waals surface area contributed by atoms with Crippen molar-refractivity contribution in [2.24, 2.45) is 7.05 Å². The van der Waals surface area contributed by atoms with Crippen LogP contribution in [0.5, 0.6) is 0 Å². The first-order chi connectivity index (χ1) is 12.1. The van der Waals surface area contributed by atoms with E-state index in [1.54, 1.807) is 6.92 Å². The molecule has 0 saturated carbocycles. The molecule has 0 bridgehead atoms. The number of carbonyl (C=O) groups is 1. The van der Waals surface area contributed by atoms with E-state index in [9.17, 15) is 4.79 Å². The second-order valence-corrected chi connectivity index (χ2v) is 6.40. The fourth-order valence-corrected chi connectivity index (χ4v) is 3.47. The number of hydrogen-bond acceptors (Lipinski definition) is 4. The van der Waals surface area contributed by atoms with Gasteiger partial charge in [-0.3, -0.25) is 4.79 Å². The molecular formula is C19H20N4O2. The van der Waals surface area contributed by atoms with Crippen LogP contribution < -0.4 is 0 Å². The summed E-state index contributed by atoms with van der Waals surface area (Å²) in [5.74, 6) is 1.06. The van der Waals surface area contributed by atoms with Crippen molar-refractivity contribution in [2.45, 2.75) is 25.8 Å². The van der Waals surface area contributed by atoms with Crippen molar-refractivity contribution in [1.29, 1.82) is 0 Å². The minimum Gasteiger partial charge on any atom is -0.421 e. The van der Waals surface area contributed by atoms with E-state index in [0.717, 1.165) is 24.9 Å². The molecule has 2 aromatic heterocycles. The van der Waals surface area contributed by atoms with Gasteiger partial charge in [-0.1, -0.05) is 0 Å². The van der Waals surface area contributed by atoms with Gasteiger partial charge >= 0.3 is 0 Å². The summed E-state index contributed by atoms with van der Waals surface area (Å²) < 4.78 is 7.52. The van der Waals surface area contributed by atoms with Crippen LogP contribution in [0.25, 0.3) is 11.5 Å². The maximum Gasteiger partial charge on any atom is 0.254 e. The largest absolute Gasteiger partial charge is 0.421 e. The third-order valence-electron chi connectivity index (χ3n) is 4.74. The molecule has 1 fully saturated rings. The summed E-state index contributed by atoms with van der Waals surface area (Å²) in [7, 11) is 2.03. The number of benzene rings is 1. The monoisotopic (exact) mass is 336 g/mol. The summed E-state index contributed by atoms with van der Waals surface area (Å²) in [6.45, 7) is 2.55. The van der Waals surface area contributed by atoms with Gasteiger partial charge in [0.15, 0.2) is 0 Å². The fourth-order valence-electron chi connectivity index (χ4n) is 3.47. The highest BCUT2D eigenvalue weighted by Crippen LogP contribution is 2.33. The normalized spacial score (nSPS) is 17.2. The molecule has 0 radical (unpaired) electrons. The highest BCUT2D eigenvalue weighted by atomic mass is 16.4. The van der Waals surface area contributed by atoms with Crippen LogP contribution in [-0.2, 0) is 7.05 Å². The number of aromatic nitrogens is 3. The van der Waals surface area contributed by atoms with Crippen molar-refractivity contribution in [3.8, 4) is 11.5 Å². The summed E-state index contributed by atoms with van der Waals surface area (Å²) in [5, 5.41) is 7.84. The summed E-state index contributed by atoms with van der Waals surface area (Å²) in [5.41, 5.74) is 2.68. The third-order valence-corrected chi connectivity index (χ3v) is 4.74. The number of likely N-dealkylation sites (tertiary alicyclic amines) is 1. The van der Waals surface area contributed by atoms with Crippen LogP contribution in [0, 0.1) is 6.92 Å². The molecule has 1 atom stereocenters. The molecule has 1 aromatic carbocycles. The number of rotatable bonds is 3. The first kappa shape index (κ1) is 15.6. The van der Waals surface area contributed by atoms with E-state index in [0.29, 0.717) is 17.3 Å². The van der Waals surface area contributed by atoms with Gasteiger partial charge in [-0.15, -0.1) is 10.2 Å². The Labute approximate surface area is 146 Å². The maximum atomic E-state index is 13.0. The Kier molecular flexibility index (Phi) is 3.87. The van der Waals surface area contributed by atoms with Gasteiger partial charge in [0.1, 0.15) is 0 Å². The van der Waals surface area contributed by atoms with Gasteiger partial charge in [0.2, 0.25) is 11.8 Å². The molecule has 0 unspecified atom stereocenters. The zero-order valence-corrected chi connectivity index (χ0v) is 14.3. The number of hydrogen-bond donors (Lipinski definition) is 0. The summed E-state index contributed by atoms with van der Waals surface area (Å²) in [4.78, 5) is 15.0. The molecule has 6 nitrogen and oxygen atoms in total. The van der Waals surface area contributed by atoms with Gasteiger partial charge in [-0.05, 0) is 49.2 Å². The molecule has 25 heavy (non-hydrogen) atoms. The minimum absolute atomic E-state index is 0.0666. The van der Waals surface area contributed by atoms with E-state index in [4.69, 9.17) is 4.42 Å². The molecular weight excluding hydrogens is 316 g/mol. The standard InChI is InChI=1S/C19H20N4O2/c1-13-20-21-18(25-13)14-7-9-15(10-8-14)19(24)23-12-4-6-17(23)16-5-3-11-22(16)2/h3,5,7-11,17H,4,6,12H2,1-2H3/t17-/m0/s1. The Balaban J connectivity index is 1.57. The number of nitrogens with zero attached hydrogens (tertiary/aromatic N) is 4. The van der Waals surface area contributed by atoms with Crippen molar-refractivity contribution >= 4 is 5.91 Å². The first-order valence-corrected chi connectivity index (χ1v) is 8.46. The first-order valence-electron chi connectivity index (χ1n) is 8.46. The van der Waals surface area contributed by atoms with E-state index in [1.165, 1.54) is 5.69 Å². The minimum atomic E-state index is 0.0666. The van der Waals surface area contributed by atoms with Crippen molar-refractivity contribution in [3.63, 3.8) is 0 Å². The second-order valence-electron chi connectivity index (χ2n) is 6.40. The van der Waals surface area contributed by atoms with E-state index in [1.807, 2.05) is 48.5 Å². The Morgan fingerprint density at radius 2 is 2.00 bits per heavy atom. The zero-order chi connectivity index (χ0) is 17.4. The molecule has 128 valence electrons. The van der Waals surface area contributed by atoms with E-state index >= 15 is 0 Å². The van der Waals surface area contributed by atoms with E-state index < -0.39 is 0 Å². The quantitative estimate of drug-likeness (QED) is 0.736. The second kappa shape index (κ2) is 6.20. The lowest BCUT2D eigenvalue weighted by Crippen LogP contribution is -2.31. The van der Waals surface area contributed by atoms with Gasteiger partial charge < -0.3 is 13.9 Å². The molecule has 0 N–H and O–H groups in total. The van der Waals surface area contributed by atoms with E-state index in [-0.39, 0.29) is 11.9 Å². The van der Waals surface area contributed by atoms with Gasteiger partial charge in [0, 0.05) is 43.5 Å². The fraction of sp³-hybridized carbons (Fsp3) is 0.316. The van der Waals surface area contributed by atoms with Gasteiger partial charge in [0.05, 0.1) is 6.04 Å². The van der Waals surface area contributed by atoms with Crippen molar-refractivity contribution in [3.05, 3.63) is 59.7 Å². The van der Waals surface area contributed by atoms with Crippen LogP contribution in [0.15, 0.2) is 47.0 Å². The van der Waals surface area contributed by atoms with Crippen LogP contribution in [-0.4, -0.2) is 32.1 Å². The zero-order valence-electron chi connectivity index (χ0n) is 14.3. The molecule has 0 spiro atoms. The number of aryl methyl sites for hydroxylation is 2. The lowest BCUT2D eigenvalue weighted by Gasteiger charge is -2.25. The smallest absolute Gasteiger partial charge is 0.254 e. The Hall–Kier alpha value is -2.89. The van der Waals surface area contributed by atoms with Crippen LogP contribution >= 0.6 is 0 Å². The highest BCUT2D eigenvalue weighted by molar-refractivity contribution is 5.95. The molecule has 1 amide bonds. The highest BCUT2D eigenvalue weighted by Gasteiger charge is 2.31. The van der Waals surface area contributed by atoms with Crippen LogP contribution in [0.4, 0.5) is 0 Å². The lowest BCUT2D eigenvalue weighted by atomic mass is 10.1. The average molecular weight is 336 g/mol. The molecule has 6 heteroatoms. The molecule has 3 aromatic rings.